The molecule has 0 aliphatic carbocycles. The van der Waals surface area contributed by atoms with E-state index in [4.69, 9.17) is 16.3 Å². The molecule has 0 radical (unpaired) electrons. The fraction of sp³-hybridized carbons (Fsp3) is 0.462. The van der Waals surface area contributed by atoms with Gasteiger partial charge in [0.05, 0.1) is 0 Å². The molecule has 0 saturated carbocycles. The van der Waals surface area contributed by atoms with Crippen molar-refractivity contribution >= 4 is 17.4 Å². The summed E-state index contributed by atoms with van der Waals surface area (Å²) < 4.78 is 5.54. The van der Waals surface area contributed by atoms with E-state index >= 15 is 0 Å². The summed E-state index contributed by atoms with van der Waals surface area (Å²) in [6.45, 7) is 6.20. The van der Waals surface area contributed by atoms with Gasteiger partial charge in [-0.2, -0.15) is 0 Å². The molecule has 1 rings (SSSR count). The van der Waals surface area contributed by atoms with E-state index in [9.17, 15) is 4.79 Å². The van der Waals surface area contributed by atoms with Gasteiger partial charge in [0.15, 0.2) is 5.78 Å². The topological polar surface area (TPSA) is 26.3 Å². The van der Waals surface area contributed by atoms with Crippen LogP contribution in [0.25, 0.3) is 0 Å². The Hall–Kier alpha value is -0.860. The van der Waals surface area contributed by atoms with Crippen molar-refractivity contribution in [3.8, 4) is 0 Å². The van der Waals surface area contributed by atoms with Crippen LogP contribution in [-0.2, 0) is 4.74 Å². The van der Waals surface area contributed by atoms with Gasteiger partial charge < -0.3 is 4.74 Å². The normalized spacial score (nSPS) is 14.5. The number of Topliss-reactive ketones (excluding diaryl/α,β-unsaturated/α-hetero) is 1. The Morgan fingerprint density at radius 2 is 1.88 bits per heavy atom. The highest BCUT2D eigenvalue weighted by Crippen LogP contribution is 2.22. The molecule has 0 saturated heterocycles. The zero-order chi connectivity index (χ0) is 12.2. The Balaban J connectivity index is 2.95. The molecule has 2 nitrogen and oxygen atoms in total. The maximum Gasteiger partial charge on any atom is 0.194 e. The van der Waals surface area contributed by atoms with Crippen molar-refractivity contribution in [1.82, 2.24) is 0 Å². The molecule has 0 aliphatic heterocycles. The summed E-state index contributed by atoms with van der Waals surface area (Å²) in [5, 5.41) is 0.631. The molecular formula is C13H17ClO2. The van der Waals surface area contributed by atoms with E-state index in [-0.39, 0.29) is 5.78 Å². The summed E-state index contributed by atoms with van der Waals surface area (Å²) in [6.07, 6.45) is 0.655. The fourth-order valence-electron chi connectivity index (χ4n) is 1.55. The molecule has 3 heteroatoms. The van der Waals surface area contributed by atoms with Gasteiger partial charge in [-0.25, -0.2) is 0 Å². The van der Waals surface area contributed by atoms with Gasteiger partial charge in [0, 0.05) is 17.2 Å². The van der Waals surface area contributed by atoms with Gasteiger partial charge >= 0.3 is 0 Å². The minimum absolute atomic E-state index is 0.00789. The highest BCUT2D eigenvalue weighted by Gasteiger charge is 2.32. The standard InChI is InChI=1S/C13H17ClO2/c1-4-13(3,16-5-2)12(15)10-6-8-11(14)9-7-10/h6-9H,4-5H2,1-3H3. The van der Waals surface area contributed by atoms with Crippen LogP contribution in [0.15, 0.2) is 24.3 Å². The number of hydrogen-bond donors (Lipinski definition) is 0. The van der Waals surface area contributed by atoms with Crippen molar-refractivity contribution in [2.24, 2.45) is 0 Å². The number of rotatable bonds is 5. The monoisotopic (exact) mass is 240 g/mol. The predicted molar refractivity (Wildman–Crippen MR) is 66.1 cm³/mol. The number of carbonyl (C=O) groups excluding carboxylic acids is 1. The first-order valence-corrected chi connectivity index (χ1v) is 5.85. The molecule has 0 N–H and O–H groups in total. The molecule has 0 fully saturated rings. The molecule has 0 heterocycles. The van der Waals surface area contributed by atoms with Gasteiger partial charge in [-0.1, -0.05) is 18.5 Å². The molecule has 1 aromatic carbocycles. The first-order valence-electron chi connectivity index (χ1n) is 5.48. The van der Waals surface area contributed by atoms with Crippen LogP contribution in [0.4, 0.5) is 0 Å². The maximum atomic E-state index is 12.2. The molecule has 0 amide bonds. The molecule has 1 unspecified atom stereocenters. The van der Waals surface area contributed by atoms with Crippen molar-refractivity contribution in [2.75, 3.05) is 6.61 Å². The van der Waals surface area contributed by atoms with Gasteiger partial charge in [0.25, 0.3) is 0 Å². The summed E-state index contributed by atoms with van der Waals surface area (Å²) in [6, 6.07) is 6.91. The summed E-state index contributed by atoms with van der Waals surface area (Å²) >= 11 is 5.78. The minimum atomic E-state index is -0.734. The zero-order valence-corrected chi connectivity index (χ0v) is 10.7. The Morgan fingerprint density at radius 3 is 2.31 bits per heavy atom. The van der Waals surface area contributed by atoms with Crippen molar-refractivity contribution < 1.29 is 9.53 Å². The lowest BCUT2D eigenvalue weighted by molar-refractivity contribution is -0.0116. The average Bonchev–Trinajstić information content (AvgIpc) is 2.29. The number of ketones is 1. The van der Waals surface area contributed by atoms with Crippen LogP contribution in [0.3, 0.4) is 0 Å². The molecule has 16 heavy (non-hydrogen) atoms. The van der Waals surface area contributed by atoms with Gasteiger partial charge in [-0.3, -0.25) is 4.79 Å². The average molecular weight is 241 g/mol. The quantitative estimate of drug-likeness (QED) is 0.733. The number of carbonyl (C=O) groups is 1. The number of halogens is 1. The smallest absolute Gasteiger partial charge is 0.194 e. The van der Waals surface area contributed by atoms with Crippen molar-refractivity contribution in [3.63, 3.8) is 0 Å². The van der Waals surface area contributed by atoms with Crippen LogP contribution in [0.2, 0.25) is 5.02 Å². The molecule has 0 spiro atoms. The lowest BCUT2D eigenvalue weighted by Crippen LogP contribution is -2.37. The summed E-state index contributed by atoms with van der Waals surface area (Å²) in [5.74, 6) is 0.00789. The van der Waals surface area contributed by atoms with Crippen LogP contribution in [0.1, 0.15) is 37.6 Å². The van der Waals surface area contributed by atoms with Gasteiger partial charge in [0.1, 0.15) is 5.60 Å². The lowest BCUT2D eigenvalue weighted by Gasteiger charge is -2.26. The van der Waals surface area contributed by atoms with Crippen LogP contribution in [0, 0.1) is 0 Å². The van der Waals surface area contributed by atoms with Crippen LogP contribution < -0.4 is 0 Å². The molecule has 0 bridgehead atoms. The summed E-state index contributed by atoms with van der Waals surface area (Å²) in [7, 11) is 0. The second-order valence-corrected chi connectivity index (χ2v) is 4.29. The van der Waals surface area contributed by atoms with Crippen LogP contribution >= 0.6 is 11.6 Å². The van der Waals surface area contributed by atoms with E-state index in [2.05, 4.69) is 0 Å². The Kier molecular flexibility index (Phi) is 4.51. The van der Waals surface area contributed by atoms with Crippen LogP contribution in [-0.4, -0.2) is 18.0 Å². The highest BCUT2D eigenvalue weighted by molar-refractivity contribution is 6.30. The molecular weight excluding hydrogens is 224 g/mol. The van der Waals surface area contributed by atoms with E-state index in [1.165, 1.54) is 0 Å². The van der Waals surface area contributed by atoms with E-state index in [1.807, 2.05) is 20.8 Å². The SMILES string of the molecule is CCOC(C)(CC)C(=O)c1ccc(Cl)cc1. The third kappa shape index (κ3) is 2.83. The summed E-state index contributed by atoms with van der Waals surface area (Å²) in [5.41, 5.74) is -0.0926. The third-order valence-electron chi connectivity index (χ3n) is 2.72. The van der Waals surface area contributed by atoms with Crippen molar-refractivity contribution in [2.45, 2.75) is 32.8 Å². The van der Waals surface area contributed by atoms with E-state index < -0.39 is 5.60 Å². The lowest BCUT2D eigenvalue weighted by atomic mass is 9.92. The Labute approximate surface area is 102 Å². The van der Waals surface area contributed by atoms with Gasteiger partial charge in [-0.05, 0) is 44.5 Å². The predicted octanol–water partition coefficient (Wildman–Crippen LogP) is 3.73. The molecule has 0 aliphatic rings. The molecule has 1 atom stereocenters. The molecule has 0 aromatic heterocycles. The largest absolute Gasteiger partial charge is 0.367 e. The second kappa shape index (κ2) is 5.46. The minimum Gasteiger partial charge on any atom is -0.367 e. The van der Waals surface area contributed by atoms with Crippen molar-refractivity contribution in [1.29, 1.82) is 0 Å². The number of benzene rings is 1. The summed E-state index contributed by atoms with van der Waals surface area (Å²) in [4.78, 5) is 12.2. The first-order chi connectivity index (χ1) is 7.53. The van der Waals surface area contributed by atoms with Gasteiger partial charge in [-0.15, -0.1) is 0 Å². The van der Waals surface area contributed by atoms with Gasteiger partial charge in [0.2, 0.25) is 0 Å². The third-order valence-corrected chi connectivity index (χ3v) is 2.98. The Bertz CT molecular complexity index is 359. The number of hydrogen-bond acceptors (Lipinski definition) is 2. The van der Waals surface area contributed by atoms with Crippen LogP contribution in [0.5, 0.6) is 0 Å². The molecule has 88 valence electrons. The number of ether oxygens (including phenoxy) is 1. The van der Waals surface area contributed by atoms with Crippen molar-refractivity contribution in [3.05, 3.63) is 34.9 Å². The van der Waals surface area contributed by atoms with E-state index in [1.54, 1.807) is 24.3 Å². The highest BCUT2D eigenvalue weighted by atomic mass is 35.5. The second-order valence-electron chi connectivity index (χ2n) is 3.85. The maximum absolute atomic E-state index is 12.2. The molecule has 1 aromatic rings. The fourth-order valence-corrected chi connectivity index (χ4v) is 1.68. The van der Waals surface area contributed by atoms with E-state index in [0.29, 0.717) is 23.6 Å². The Morgan fingerprint density at radius 1 is 1.31 bits per heavy atom. The zero-order valence-electron chi connectivity index (χ0n) is 9.92. The first kappa shape index (κ1) is 13.2. The van der Waals surface area contributed by atoms with E-state index in [0.717, 1.165) is 0 Å².